The number of aliphatic hydroxyl groups is 1. The summed E-state index contributed by atoms with van der Waals surface area (Å²) in [5.74, 6) is 2.10. The first-order valence-electron chi connectivity index (χ1n) is 5.94. The molecule has 2 aromatic heterocycles. The molecule has 4 heteroatoms. The molecule has 2 heterocycles. The van der Waals surface area contributed by atoms with Crippen molar-refractivity contribution in [3.63, 3.8) is 0 Å². The molecule has 4 nitrogen and oxygen atoms in total. The van der Waals surface area contributed by atoms with E-state index in [2.05, 4.69) is 10.3 Å². The zero-order valence-electron chi connectivity index (χ0n) is 10.9. The lowest BCUT2D eigenvalue weighted by atomic mass is 10.0. The van der Waals surface area contributed by atoms with Crippen LogP contribution in [0.5, 0.6) is 0 Å². The van der Waals surface area contributed by atoms with Crippen LogP contribution < -0.4 is 5.32 Å². The van der Waals surface area contributed by atoms with Gasteiger partial charge in [0.1, 0.15) is 22.9 Å². The summed E-state index contributed by atoms with van der Waals surface area (Å²) in [4.78, 5) is 4.32. The van der Waals surface area contributed by atoms with Gasteiger partial charge in [-0.1, -0.05) is 6.07 Å². The van der Waals surface area contributed by atoms with Crippen LogP contribution in [0, 0.1) is 13.8 Å². The van der Waals surface area contributed by atoms with Crippen LogP contribution >= 0.6 is 0 Å². The van der Waals surface area contributed by atoms with E-state index in [1.807, 2.05) is 38.1 Å². The van der Waals surface area contributed by atoms with Crippen LogP contribution in [0.3, 0.4) is 0 Å². The number of hydrogen-bond donors (Lipinski definition) is 2. The van der Waals surface area contributed by atoms with E-state index in [4.69, 9.17) is 4.42 Å². The smallest absolute Gasteiger partial charge is 0.137 e. The van der Waals surface area contributed by atoms with Crippen LogP contribution in [0.4, 0.5) is 5.82 Å². The van der Waals surface area contributed by atoms with Crippen molar-refractivity contribution in [2.24, 2.45) is 0 Å². The van der Waals surface area contributed by atoms with E-state index >= 15 is 0 Å². The molecule has 1 unspecified atom stereocenters. The first-order valence-corrected chi connectivity index (χ1v) is 5.94. The predicted molar refractivity (Wildman–Crippen MR) is 70.5 cm³/mol. The maximum absolute atomic E-state index is 10.3. The van der Waals surface area contributed by atoms with Crippen molar-refractivity contribution in [3.8, 4) is 0 Å². The second kappa shape index (κ2) is 4.82. The highest BCUT2D eigenvalue weighted by molar-refractivity contribution is 5.36. The van der Waals surface area contributed by atoms with Crippen molar-refractivity contribution in [1.82, 2.24) is 4.98 Å². The van der Waals surface area contributed by atoms with Gasteiger partial charge in [-0.05, 0) is 45.0 Å². The Kier molecular flexibility index (Phi) is 3.39. The second-order valence-corrected chi connectivity index (χ2v) is 4.70. The van der Waals surface area contributed by atoms with Gasteiger partial charge < -0.3 is 14.8 Å². The average molecular weight is 246 g/mol. The lowest BCUT2D eigenvalue weighted by molar-refractivity contribution is 0.0467. The summed E-state index contributed by atoms with van der Waals surface area (Å²) >= 11 is 0. The van der Waals surface area contributed by atoms with Crippen molar-refractivity contribution in [2.75, 3.05) is 11.9 Å². The number of aromatic nitrogens is 1. The fourth-order valence-electron chi connectivity index (χ4n) is 1.72. The predicted octanol–water partition coefficient (Wildman–Crippen LogP) is 2.61. The number of hydrogen-bond acceptors (Lipinski definition) is 4. The Hall–Kier alpha value is -1.81. The summed E-state index contributed by atoms with van der Waals surface area (Å²) in [5, 5.41) is 13.5. The first kappa shape index (κ1) is 12.6. The molecular formula is C14H18N2O2. The van der Waals surface area contributed by atoms with Crippen LogP contribution in [0.1, 0.15) is 24.1 Å². The molecular weight excluding hydrogens is 228 g/mol. The number of nitrogens with zero attached hydrogens (tertiary/aromatic N) is 1. The number of nitrogens with one attached hydrogen (secondary N) is 1. The van der Waals surface area contributed by atoms with Crippen molar-refractivity contribution in [3.05, 3.63) is 47.5 Å². The van der Waals surface area contributed by atoms with Crippen LogP contribution in [-0.4, -0.2) is 16.6 Å². The molecule has 0 aliphatic carbocycles. The van der Waals surface area contributed by atoms with E-state index in [-0.39, 0.29) is 0 Å². The molecule has 2 rings (SSSR count). The van der Waals surface area contributed by atoms with E-state index in [1.54, 1.807) is 13.0 Å². The highest BCUT2D eigenvalue weighted by Crippen LogP contribution is 2.23. The zero-order chi connectivity index (χ0) is 13.2. The Morgan fingerprint density at radius 3 is 2.67 bits per heavy atom. The van der Waals surface area contributed by atoms with Gasteiger partial charge in [0.25, 0.3) is 0 Å². The van der Waals surface area contributed by atoms with Gasteiger partial charge in [-0.15, -0.1) is 0 Å². The standard InChI is InChI=1S/C14H18N2O2/c1-10-5-4-6-13(16-10)15-9-14(3,17)12-8-7-11(2)18-12/h4-8,17H,9H2,1-3H3,(H,15,16). The SMILES string of the molecule is Cc1cccc(NCC(C)(O)c2ccc(C)o2)n1. The fraction of sp³-hybridized carbons (Fsp3) is 0.357. The normalized spacial score (nSPS) is 14.2. The minimum absolute atomic E-state index is 0.344. The molecule has 0 aliphatic rings. The van der Waals surface area contributed by atoms with Gasteiger partial charge in [0.2, 0.25) is 0 Å². The van der Waals surface area contributed by atoms with E-state index in [0.717, 1.165) is 17.3 Å². The summed E-state index contributed by atoms with van der Waals surface area (Å²) in [6.45, 7) is 5.85. The Bertz CT molecular complexity index is 532. The minimum atomic E-state index is -1.06. The molecule has 0 amide bonds. The van der Waals surface area contributed by atoms with Crippen LogP contribution in [0.2, 0.25) is 0 Å². The monoisotopic (exact) mass is 246 g/mol. The van der Waals surface area contributed by atoms with Crippen LogP contribution in [0.25, 0.3) is 0 Å². The van der Waals surface area contributed by atoms with Crippen molar-refractivity contribution < 1.29 is 9.52 Å². The molecule has 18 heavy (non-hydrogen) atoms. The Morgan fingerprint density at radius 1 is 1.28 bits per heavy atom. The Morgan fingerprint density at radius 2 is 2.06 bits per heavy atom. The fourth-order valence-corrected chi connectivity index (χ4v) is 1.72. The van der Waals surface area contributed by atoms with Gasteiger partial charge in [0.15, 0.2) is 0 Å². The minimum Gasteiger partial charge on any atom is -0.463 e. The summed E-state index contributed by atoms with van der Waals surface area (Å²) in [5.41, 5.74) is -0.117. The third kappa shape index (κ3) is 2.90. The maximum atomic E-state index is 10.3. The largest absolute Gasteiger partial charge is 0.463 e. The summed E-state index contributed by atoms with van der Waals surface area (Å²) in [6, 6.07) is 9.36. The highest BCUT2D eigenvalue weighted by atomic mass is 16.4. The van der Waals surface area contributed by atoms with E-state index in [0.29, 0.717) is 12.3 Å². The van der Waals surface area contributed by atoms with Gasteiger partial charge in [0, 0.05) is 5.69 Å². The Balaban J connectivity index is 2.05. The van der Waals surface area contributed by atoms with E-state index < -0.39 is 5.60 Å². The molecule has 0 bridgehead atoms. The molecule has 2 N–H and O–H groups in total. The zero-order valence-corrected chi connectivity index (χ0v) is 10.9. The van der Waals surface area contributed by atoms with E-state index in [9.17, 15) is 5.11 Å². The highest BCUT2D eigenvalue weighted by Gasteiger charge is 2.26. The second-order valence-electron chi connectivity index (χ2n) is 4.70. The quantitative estimate of drug-likeness (QED) is 0.870. The molecule has 0 spiro atoms. The summed E-state index contributed by atoms with van der Waals surface area (Å²) < 4.78 is 5.45. The molecule has 0 aromatic carbocycles. The van der Waals surface area contributed by atoms with E-state index in [1.165, 1.54) is 0 Å². The van der Waals surface area contributed by atoms with Gasteiger partial charge in [-0.25, -0.2) is 4.98 Å². The molecule has 0 aliphatic heterocycles. The van der Waals surface area contributed by atoms with Gasteiger partial charge in [-0.3, -0.25) is 0 Å². The van der Waals surface area contributed by atoms with Gasteiger partial charge in [-0.2, -0.15) is 0 Å². The number of pyridine rings is 1. The van der Waals surface area contributed by atoms with Crippen molar-refractivity contribution >= 4 is 5.82 Å². The van der Waals surface area contributed by atoms with Gasteiger partial charge in [0.05, 0.1) is 6.54 Å². The third-order valence-corrected chi connectivity index (χ3v) is 2.77. The Labute approximate surface area is 107 Å². The van der Waals surface area contributed by atoms with Crippen LogP contribution in [0.15, 0.2) is 34.7 Å². The lowest BCUT2D eigenvalue weighted by Gasteiger charge is -2.21. The van der Waals surface area contributed by atoms with Gasteiger partial charge >= 0.3 is 0 Å². The van der Waals surface area contributed by atoms with Crippen molar-refractivity contribution in [2.45, 2.75) is 26.4 Å². The molecule has 2 aromatic rings. The number of anilines is 1. The number of rotatable bonds is 4. The molecule has 0 saturated heterocycles. The first-order chi connectivity index (χ1) is 8.47. The number of aryl methyl sites for hydroxylation is 2. The summed E-state index contributed by atoms with van der Waals surface area (Å²) in [7, 11) is 0. The molecule has 0 fully saturated rings. The summed E-state index contributed by atoms with van der Waals surface area (Å²) in [6.07, 6.45) is 0. The molecule has 0 saturated carbocycles. The average Bonchev–Trinajstić information content (AvgIpc) is 2.74. The lowest BCUT2D eigenvalue weighted by Crippen LogP contribution is -2.30. The number of furan rings is 1. The maximum Gasteiger partial charge on any atom is 0.137 e. The molecule has 0 radical (unpaired) electrons. The molecule has 1 atom stereocenters. The molecule has 96 valence electrons. The third-order valence-electron chi connectivity index (χ3n) is 2.77. The van der Waals surface area contributed by atoms with Crippen molar-refractivity contribution in [1.29, 1.82) is 0 Å². The topological polar surface area (TPSA) is 58.3 Å². The van der Waals surface area contributed by atoms with Crippen LogP contribution in [-0.2, 0) is 5.60 Å².